The fourth-order valence-corrected chi connectivity index (χ4v) is 6.71. The zero-order valence-electron chi connectivity index (χ0n) is 26.7. The van der Waals surface area contributed by atoms with Gasteiger partial charge in [-0.15, -0.1) is 0 Å². The number of fused-ring (bicyclic) bond motifs is 6. The molecule has 17 nitrogen and oxygen atoms in total. The number of nitrogens with one attached hydrogen (secondary N) is 1. The van der Waals surface area contributed by atoms with Gasteiger partial charge in [-0.3, -0.25) is 4.79 Å². The highest BCUT2D eigenvalue weighted by Crippen LogP contribution is 2.57. The number of carbonyl (C=O) groups excluding carboxylic acids is 2. The Balaban J connectivity index is 1.29. The van der Waals surface area contributed by atoms with Crippen LogP contribution in [0, 0.1) is 0 Å². The summed E-state index contributed by atoms with van der Waals surface area (Å²) < 4.78 is 35.1. The summed E-state index contributed by atoms with van der Waals surface area (Å²) in [6, 6.07) is 13.6. The normalized spacial score (nSPS) is 33.7. The minimum atomic E-state index is -1.70. The zero-order chi connectivity index (χ0) is 36.4. The van der Waals surface area contributed by atoms with E-state index in [1.807, 2.05) is 0 Å². The quantitative estimate of drug-likeness (QED) is 0.127. The third kappa shape index (κ3) is 5.86. The van der Waals surface area contributed by atoms with E-state index in [1.165, 1.54) is 37.3 Å². The highest BCUT2D eigenvalue weighted by atomic mass is 16.7. The number of amides is 1. The molecule has 7 rings (SSSR count). The van der Waals surface area contributed by atoms with Gasteiger partial charge in [-0.2, -0.15) is 0 Å². The van der Waals surface area contributed by atoms with Crippen LogP contribution in [0.4, 0.5) is 5.69 Å². The van der Waals surface area contributed by atoms with Crippen molar-refractivity contribution < 1.29 is 78.9 Å². The summed E-state index contributed by atoms with van der Waals surface area (Å²) in [6.07, 6.45) is -15.5. The lowest BCUT2D eigenvalue weighted by Gasteiger charge is -2.40. The summed E-state index contributed by atoms with van der Waals surface area (Å²) in [4.78, 5) is 25.3. The number of hydrogen-bond acceptors (Lipinski definition) is 16. The lowest BCUT2D eigenvalue weighted by atomic mass is 9.77. The summed E-state index contributed by atoms with van der Waals surface area (Å²) in [5, 5.41) is 83.7. The zero-order valence-corrected chi connectivity index (χ0v) is 26.7. The second-order valence-corrected chi connectivity index (χ2v) is 12.6. The van der Waals surface area contributed by atoms with E-state index in [0.717, 1.165) is 0 Å². The molecule has 0 saturated carbocycles. The maximum Gasteiger partial charge on any atom is 0.340 e. The van der Waals surface area contributed by atoms with Gasteiger partial charge in [-0.05, 0) is 36.4 Å². The Bertz CT molecular complexity index is 1740. The molecule has 17 heteroatoms. The van der Waals surface area contributed by atoms with Gasteiger partial charge in [0.15, 0.2) is 5.60 Å². The van der Waals surface area contributed by atoms with Crippen LogP contribution in [0.15, 0.2) is 54.6 Å². The number of ether oxygens (including phenoxy) is 6. The minimum absolute atomic E-state index is 0.0518. The molecule has 272 valence electrons. The Kier molecular flexibility index (Phi) is 9.13. The van der Waals surface area contributed by atoms with Gasteiger partial charge in [-0.25, -0.2) is 4.79 Å². The van der Waals surface area contributed by atoms with Crippen LogP contribution in [0.1, 0.15) is 34.0 Å². The lowest BCUT2D eigenvalue weighted by molar-refractivity contribution is -0.277. The molecule has 3 aromatic carbocycles. The number of esters is 1. The number of benzene rings is 3. The molecule has 51 heavy (non-hydrogen) atoms. The van der Waals surface area contributed by atoms with Gasteiger partial charge in [0.05, 0.1) is 18.8 Å². The molecule has 0 bridgehead atoms. The fraction of sp³-hybridized carbons (Fsp3) is 0.412. The third-order valence-electron chi connectivity index (χ3n) is 9.27. The van der Waals surface area contributed by atoms with E-state index < -0.39 is 86.2 Å². The van der Waals surface area contributed by atoms with E-state index in [4.69, 9.17) is 28.4 Å². The van der Waals surface area contributed by atoms with Crippen molar-refractivity contribution in [3.8, 4) is 23.0 Å². The Morgan fingerprint density at radius 2 is 1.20 bits per heavy atom. The summed E-state index contributed by atoms with van der Waals surface area (Å²) in [6.45, 7) is -0.00957. The molecule has 0 aliphatic carbocycles. The van der Waals surface area contributed by atoms with Crippen LogP contribution in [-0.2, 0) is 24.6 Å². The molecule has 0 aromatic heterocycles. The van der Waals surface area contributed by atoms with Crippen molar-refractivity contribution in [1.82, 2.24) is 0 Å². The molecule has 9 N–H and O–H groups in total. The molecule has 0 radical (unpaired) electrons. The van der Waals surface area contributed by atoms with Gasteiger partial charge < -0.3 is 74.6 Å². The summed E-state index contributed by atoms with van der Waals surface area (Å²) in [5.41, 5.74) is -0.0144. The smallest absolute Gasteiger partial charge is 0.340 e. The van der Waals surface area contributed by atoms with E-state index in [9.17, 15) is 50.4 Å². The maximum absolute atomic E-state index is 13.5. The monoisotopic (exact) mass is 713 g/mol. The molecule has 3 aromatic rings. The van der Waals surface area contributed by atoms with Crippen molar-refractivity contribution >= 4 is 17.6 Å². The van der Waals surface area contributed by atoms with E-state index in [2.05, 4.69) is 5.32 Å². The number of hydrogen-bond donors (Lipinski definition) is 9. The van der Waals surface area contributed by atoms with Gasteiger partial charge in [0.2, 0.25) is 18.5 Å². The first-order chi connectivity index (χ1) is 24.4. The van der Waals surface area contributed by atoms with Gasteiger partial charge in [0, 0.05) is 41.4 Å². The molecule has 1 spiro atoms. The lowest BCUT2D eigenvalue weighted by Crippen LogP contribution is -2.60. The molecule has 4 aliphatic rings. The average molecular weight is 714 g/mol. The summed E-state index contributed by atoms with van der Waals surface area (Å²) in [5.74, 6) is -0.759. The van der Waals surface area contributed by atoms with Crippen molar-refractivity contribution in [2.45, 2.75) is 73.9 Å². The van der Waals surface area contributed by atoms with Gasteiger partial charge in [-0.1, -0.05) is 6.07 Å². The Hall–Kier alpha value is -4.40. The standard InChI is InChI=1S/C34H35NO16/c1-13(38)35-14-2-5-18-17(8-14)31(45)51-34(18)19-6-3-15(46-32-29(43)27(41)25(39)23(11-36)49-32)9-21(19)48-22-10-16(4-7-20(22)34)47-33-30(44)28(42)26(40)24(12-37)50-33/h2-10,23-30,32-33,36-37,39-44H,11-12H2,1H3,(H,35,38). The minimum Gasteiger partial charge on any atom is -0.462 e. The van der Waals surface area contributed by atoms with Crippen molar-refractivity contribution in [3.63, 3.8) is 0 Å². The van der Waals surface area contributed by atoms with Gasteiger partial charge >= 0.3 is 5.97 Å². The van der Waals surface area contributed by atoms with Crippen LogP contribution in [0.3, 0.4) is 0 Å². The first kappa shape index (κ1) is 35.0. The molecule has 2 saturated heterocycles. The molecule has 2 fully saturated rings. The molecular weight excluding hydrogens is 678 g/mol. The Morgan fingerprint density at radius 3 is 1.67 bits per heavy atom. The number of rotatable bonds is 7. The average Bonchev–Trinajstić information content (AvgIpc) is 3.39. The van der Waals surface area contributed by atoms with Crippen LogP contribution in [0.5, 0.6) is 23.0 Å². The summed E-state index contributed by atoms with van der Waals surface area (Å²) >= 11 is 0. The fourth-order valence-electron chi connectivity index (χ4n) is 6.71. The van der Waals surface area contributed by atoms with Crippen LogP contribution >= 0.6 is 0 Å². The first-order valence-corrected chi connectivity index (χ1v) is 15.9. The highest BCUT2D eigenvalue weighted by Gasteiger charge is 2.54. The van der Waals surface area contributed by atoms with Crippen LogP contribution in [0.25, 0.3) is 0 Å². The van der Waals surface area contributed by atoms with Crippen molar-refractivity contribution in [3.05, 3.63) is 76.9 Å². The topological polar surface area (TPSA) is 263 Å². The molecule has 1 amide bonds. The largest absolute Gasteiger partial charge is 0.462 e. The van der Waals surface area contributed by atoms with Gasteiger partial charge in [0.25, 0.3) is 0 Å². The number of aliphatic hydroxyl groups excluding tert-OH is 8. The molecule has 10 atom stereocenters. The number of carbonyl (C=O) groups is 2. The summed E-state index contributed by atoms with van der Waals surface area (Å²) in [7, 11) is 0. The number of aliphatic hydroxyl groups is 8. The molecule has 10 unspecified atom stereocenters. The maximum atomic E-state index is 13.5. The van der Waals surface area contributed by atoms with E-state index in [-0.39, 0.29) is 34.5 Å². The van der Waals surface area contributed by atoms with Gasteiger partial charge in [0.1, 0.15) is 71.8 Å². The van der Waals surface area contributed by atoms with E-state index in [1.54, 1.807) is 24.3 Å². The van der Waals surface area contributed by atoms with Crippen LogP contribution in [-0.4, -0.2) is 127 Å². The first-order valence-electron chi connectivity index (χ1n) is 15.9. The van der Waals surface area contributed by atoms with Crippen LogP contribution < -0.4 is 19.5 Å². The van der Waals surface area contributed by atoms with E-state index in [0.29, 0.717) is 22.4 Å². The Morgan fingerprint density at radius 1 is 0.706 bits per heavy atom. The SMILES string of the molecule is CC(=O)Nc1ccc2c(c1)C(=O)OC21c2ccc(OC3OC(CO)C(O)C(O)C3O)cc2Oc2cc(OC3OC(CO)C(O)C(O)C3O)ccc21. The highest BCUT2D eigenvalue weighted by molar-refractivity contribution is 5.99. The van der Waals surface area contributed by atoms with Crippen molar-refractivity contribution in [1.29, 1.82) is 0 Å². The predicted molar refractivity (Wildman–Crippen MR) is 168 cm³/mol. The number of anilines is 1. The van der Waals surface area contributed by atoms with E-state index >= 15 is 0 Å². The molecule has 4 aliphatic heterocycles. The predicted octanol–water partition coefficient (Wildman–Crippen LogP) is -1.43. The second-order valence-electron chi connectivity index (χ2n) is 12.6. The molecular formula is C34H35NO16. The van der Waals surface area contributed by atoms with Crippen molar-refractivity contribution in [2.75, 3.05) is 18.5 Å². The third-order valence-corrected chi connectivity index (χ3v) is 9.27. The van der Waals surface area contributed by atoms with Crippen LogP contribution in [0.2, 0.25) is 0 Å². The molecule has 4 heterocycles. The Labute approximate surface area is 288 Å². The second kappa shape index (κ2) is 13.3. The van der Waals surface area contributed by atoms with Crippen molar-refractivity contribution in [2.24, 2.45) is 0 Å².